The Hall–Kier alpha value is -0.870. The number of hydrogen-bond donors (Lipinski definition) is 1. The van der Waals surface area contributed by atoms with Crippen molar-refractivity contribution in [3.05, 3.63) is 11.8 Å². The van der Waals surface area contributed by atoms with E-state index in [0.29, 0.717) is 12.5 Å². The van der Waals surface area contributed by atoms with Crippen molar-refractivity contribution in [2.75, 3.05) is 39.3 Å². The maximum atomic E-state index is 12.6. The first kappa shape index (κ1) is 16.5. The van der Waals surface area contributed by atoms with Gasteiger partial charge in [-0.05, 0) is 64.6 Å². The van der Waals surface area contributed by atoms with Crippen molar-refractivity contribution >= 4 is 5.91 Å². The highest BCUT2D eigenvalue weighted by atomic mass is 16.2. The number of allylic oxidation sites excluding steroid dienone is 2. The highest BCUT2D eigenvalue weighted by Crippen LogP contribution is 2.21. The average Bonchev–Trinajstić information content (AvgIpc) is 3.02. The quantitative estimate of drug-likeness (QED) is 0.782. The first-order chi connectivity index (χ1) is 10.2. The van der Waals surface area contributed by atoms with Crippen LogP contribution in [0.15, 0.2) is 11.8 Å². The summed E-state index contributed by atoms with van der Waals surface area (Å²) in [6.07, 6.45) is 8.19. The molecule has 4 nitrogen and oxygen atoms in total. The van der Waals surface area contributed by atoms with Crippen molar-refractivity contribution in [1.29, 1.82) is 0 Å². The Bertz CT molecular complexity index is 361. The van der Waals surface area contributed by atoms with Crippen LogP contribution in [0.4, 0.5) is 0 Å². The van der Waals surface area contributed by atoms with Gasteiger partial charge < -0.3 is 10.2 Å². The summed E-state index contributed by atoms with van der Waals surface area (Å²) in [4.78, 5) is 16.9. The molecule has 120 valence electrons. The lowest BCUT2D eigenvalue weighted by Crippen LogP contribution is -2.43. The van der Waals surface area contributed by atoms with Gasteiger partial charge in [0.2, 0.25) is 5.91 Å². The predicted molar refractivity (Wildman–Crippen MR) is 87.0 cm³/mol. The van der Waals surface area contributed by atoms with Crippen LogP contribution >= 0.6 is 0 Å². The number of hydrogen-bond acceptors (Lipinski definition) is 3. The minimum Gasteiger partial charge on any atom is -0.316 e. The van der Waals surface area contributed by atoms with Crippen molar-refractivity contribution in [2.24, 2.45) is 5.92 Å². The summed E-state index contributed by atoms with van der Waals surface area (Å²) in [5.41, 5.74) is 1.25. The lowest BCUT2D eigenvalue weighted by Gasteiger charge is -2.31. The number of rotatable bonds is 7. The van der Waals surface area contributed by atoms with E-state index in [4.69, 9.17) is 0 Å². The van der Waals surface area contributed by atoms with E-state index in [9.17, 15) is 4.79 Å². The van der Waals surface area contributed by atoms with Gasteiger partial charge in [0.05, 0.1) is 6.54 Å². The fraction of sp³-hybridized carbons (Fsp3) is 0.824. The Labute approximate surface area is 129 Å². The van der Waals surface area contributed by atoms with Gasteiger partial charge in [-0.25, -0.2) is 0 Å². The van der Waals surface area contributed by atoms with E-state index < -0.39 is 0 Å². The van der Waals surface area contributed by atoms with E-state index in [1.54, 1.807) is 0 Å². The third-order valence-corrected chi connectivity index (χ3v) is 4.70. The van der Waals surface area contributed by atoms with Crippen LogP contribution < -0.4 is 5.32 Å². The van der Waals surface area contributed by atoms with Crippen molar-refractivity contribution < 1.29 is 4.79 Å². The first-order valence-corrected chi connectivity index (χ1v) is 8.67. The average molecular weight is 293 g/mol. The smallest absolute Gasteiger partial charge is 0.240 e. The van der Waals surface area contributed by atoms with Crippen molar-refractivity contribution in [2.45, 2.75) is 46.0 Å². The summed E-state index contributed by atoms with van der Waals surface area (Å²) in [5, 5.41) is 3.47. The molecule has 21 heavy (non-hydrogen) atoms. The van der Waals surface area contributed by atoms with Crippen LogP contribution in [0.25, 0.3) is 0 Å². The monoisotopic (exact) mass is 293 g/mol. The number of carbonyl (C=O) groups excluding carboxylic acids is 1. The standard InChI is InChI=1S/C17H31N3O/c1-3-19(13-15-8-7-11-18-12-15)14-17(21)20(4-2)16-9-5-6-10-16/h9,15,18H,3-8,10-14H2,1-2H3. The van der Waals surface area contributed by atoms with Gasteiger partial charge in [0, 0.05) is 18.8 Å². The normalized spacial score (nSPS) is 22.4. The van der Waals surface area contributed by atoms with Crippen LogP contribution in [-0.2, 0) is 4.79 Å². The molecule has 1 aliphatic heterocycles. The number of nitrogens with one attached hydrogen (secondary N) is 1. The molecule has 0 bridgehead atoms. The van der Waals surface area contributed by atoms with E-state index in [1.165, 1.54) is 25.0 Å². The van der Waals surface area contributed by atoms with E-state index in [0.717, 1.165) is 45.6 Å². The minimum atomic E-state index is 0.274. The van der Waals surface area contributed by atoms with Gasteiger partial charge in [-0.15, -0.1) is 0 Å². The second-order valence-corrected chi connectivity index (χ2v) is 6.27. The number of nitrogens with zero attached hydrogens (tertiary/aromatic N) is 2. The van der Waals surface area contributed by atoms with Crippen molar-refractivity contribution in [3.8, 4) is 0 Å². The summed E-state index contributed by atoms with van der Waals surface area (Å²) < 4.78 is 0. The van der Waals surface area contributed by atoms with Crippen LogP contribution in [0, 0.1) is 5.92 Å². The van der Waals surface area contributed by atoms with Crippen LogP contribution in [0.2, 0.25) is 0 Å². The maximum absolute atomic E-state index is 12.6. The van der Waals surface area contributed by atoms with Gasteiger partial charge >= 0.3 is 0 Å². The molecule has 0 radical (unpaired) electrons. The summed E-state index contributed by atoms with van der Waals surface area (Å²) in [7, 11) is 0. The van der Waals surface area contributed by atoms with E-state index in [-0.39, 0.29) is 5.91 Å². The Kier molecular flexibility index (Phi) is 6.71. The molecule has 4 heteroatoms. The molecule has 0 saturated carbocycles. The fourth-order valence-electron chi connectivity index (χ4n) is 3.47. The molecular formula is C17H31N3O. The minimum absolute atomic E-state index is 0.274. The molecule has 1 atom stereocenters. The van der Waals surface area contributed by atoms with Gasteiger partial charge in [0.15, 0.2) is 0 Å². The molecule has 1 saturated heterocycles. The summed E-state index contributed by atoms with van der Waals surface area (Å²) >= 11 is 0. The molecule has 1 fully saturated rings. The zero-order chi connectivity index (χ0) is 15.1. The lowest BCUT2D eigenvalue weighted by atomic mass is 9.99. The second kappa shape index (κ2) is 8.54. The Balaban J connectivity index is 1.85. The van der Waals surface area contributed by atoms with E-state index in [1.807, 2.05) is 4.90 Å². The first-order valence-electron chi connectivity index (χ1n) is 8.67. The van der Waals surface area contributed by atoms with Crippen LogP contribution in [-0.4, -0.2) is 55.0 Å². The van der Waals surface area contributed by atoms with Gasteiger partial charge in [-0.2, -0.15) is 0 Å². The molecule has 1 unspecified atom stereocenters. The molecule has 2 aliphatic rings. The number of amides is 1. The number of likely N-dealkylation sites (N-methyl/N-ethyl adjacent to an activating group) is 2. The summed E-state index contributed by atoms with van der Waals surface area (Å²) in [6.45, 7) is 9.87. The summed E-state index contributed by atoms with van der Waals surface area (Å²) in [6, 6.07) is 0. The topological polar surface area (TPSA) is 35.6 Å². The van der Waals surface area contributed by atoms with E-state index in [2.05, 4.69) is 30.1 Å². The third-order valence-electron chi connectivity index (χ3n) is 4.70. The molecule has 0 spiro atoms. The van der Waals surface area contributed by atoms with Crippen molar-refractivity contribution in [1.82, 2.24) is 15.1 Å². The molecule has 2 rings (SSSR count). The molecular weight excluding hydrogens is 262 g/mol. The maximum Gasteiger partial charge on any atom is 0.240 e. The molecule has 1 amide bonds. The largest absolute Gasteiger partial charge is 0.316 e. The molecule has 0 aromatic heterocycles. The van der Waals surface area contributed by atoms with Gasteiger partial charge in [0.25, 0.3) is 0 Å². The second-order valence-electron chi connectivity index (χ2n) is 6.27. The third kappa shape index (κ3) is 4.82. The van der Waals surface area contributed by atoms with E-state index >= 15 is 0 Å². The van der Waals surface area contributed by atoms with Crippen LogP contribution in [0.5, 0.6) is 0 Å². The molecule has 0 aromatic carbocycles. The fourth-order valence-corrected chi connectivity index (χ4v) is 3.47. The van der Waals surface area contributed by atoms with Gasteiger partial charge in [0.1, 0.15) is 0 Å². The summed E-state index contributed by atoms with van der Waals surface area (Å²) in [5.74, 6) is 0.976. The van der Waals surface area contributed by atoms with Gasteiger partial charge in [-0.1, -0.05) is 13.0 Å². The lowest BCUT2D eigenvalue weighted by molar-refractivity contribution is -0.130. The molecule has 1 aliphatic carbocycles. The SMILES string of the molecule is CCN(CC(=O)N(CC)C1=CCCC1)CC1CCCNC1. The Morgan fingerprint density at radius 1 is 1.33 bits per heavy atom. The van der Waals surface area contributed by atoms with Crippen LogP contribution in [0.1, 0.15) is 46.0 Å². The van der Waals surface area contributed by atoms with Gasteiger partial charge in [-0.3, -0.25) is 9.69 Å². The van der Waals surface area contributed by atoms with Crippen LogP contribution in [0.3, 0.4) is 0 Å². The molecule has 1 N–H and O–H groups in total. The Morgan fingerprint density at radius 3 is 2.76 bits per heavy atom. The number of piperidine rings is 1. The Morgan fingerprint density at radius 2 is 2.19 bits per heavy atom. The highest BCUT2D eigenvalue weighted by molar-refractivity contribution is 5.80. The zero-order valence-corrected chi connectivity index (χ0v) is 13.7. The zero-order valence-electron chi connectivity index (χ0n) is 13.7. The molecule has 0 aromatic rings. The predicted octanol–water partition coefficient (Wildman–Crippen LogP) is 2.22. The highest BCUT2D eigenvalue weighted by Gasteiger charge is 2.22. The molecule has 1 heterocycles. The van der Waals surface area contributed by atoms with Crippen molar-refractivity contribution in [3.63, 3.8) is 0 Å². The number of carbonyl (C=O) groups is 1.